The van der Waals surface area contributed by atoms with Gasteiger partial charge in [0.2, 0.25) is 5.91 Å². The Balaban J connectivity index is 2.23. The number of alkyl carbamates (subject to hydrolysis) is 2. The van der Waals surface area contributed by atoms with Gasteiger partial charge in [0, 0.05) is 63.7 Å². The molecule has 0 spiro atoms. The van der Waals surface area contributed by atoms with Gasteiger partial charge < -0.3 is 59.0 Å². The largest absolute Gasteiger partial charge is 0.447 e. The van der Waals surface area contributed by atoms with Crippen molar-refractivity contribution in [1.82, 2.24) is 31.4 Å². The molecule has 0 fully saturated rings. The molecule has 4 amide bonds. The van der Waals surface area contributed by atoms with Crippen LogP contribution in [0.1, 0.15) is 76.9 Å². The topological polar surface area (TPSA) is 227 Å². The van der Waals surface area contributed by atoms with Crippen molar-refractivity contribution in [2.24, 2.45) is 10.8 Å². The maximum atomic E-state index is 15.0. The van der Waals surface area contributed by atoms with Gasteiger partial charge in [0.05, 0.1) is 83.9 Å². The van der Waals surface area contributed by atoms with E-state index in [1.165, 1.54) is 56.8 Å². The summed E-state index contributed by atoms with van der Waals surface area (Å²) in [5.74, 6) is -3.62. The number of aliphatic hydroxyl groups excluding tert-OH is 1. The van der Waals surface area contributed by atoms with E-state index in [-0.39, 0.29) is 58.4 Å². The van der Waals surface area contributed by atoms with Gasteiger partial charge in [-0.3, -0.25) is 20.0 Å². The van der Waals surface area contributed by atoms with E-state index in [1.54, 1.807) is 36.4 Å². The number of pyridine rings is 1. The standard InChI is InChI=1S/C50H76N6O13/c1-49(2,3)43(53-47(60)68-32-30-66-28-26-64-24-22-62-7)45(58)52-41(34-37-14-10-9-11-15-37)42(57)36-56(35-38-17-19-39(20-18-38)40-16-12-13-21-51-40)55-46(59)44(50(4,5)6)54-48(61)69-33-31-67-29-27-65-25-23-63-8/h9-21,41-44,57H,22-36H2,1-8H3,(H,52,58)(H,53,60)(H,54,61)(H,55,59)/t41-,42-,43+,44+/m0/s1/i1D3,2D3,3D3,4D3,5D3,6D3. The second kappa shape index (κ2) is 31.8. The van der Waals surface area contributed by atoms with Crippen molar-refractivity contribution in [3.05, 3.63) is 90.1 Å². The highest BCUT2D eigenvalue weighted by Crippen LogP contribution is 2.23. The van der Waals surface area contributed by atoms with Gasteiger partial charge in [0.1, 0.15) is 25.3 Å². The normalized spacial score (nSPS) is 18.4. The minimum atomic E-state index is -4.14. The van der Waals surface area contributed by atoms with Gasteiger partial charge in [-0.1, -0.05) is 102 Å². The molecule has 0 aliphatic heterocycles. The average molecular weight is 987 g/mol. The summed E-state index contributed by atoms with van der Waals surface area (Å²) in [6.45, 7) is -27.0. The van der Waals surface area contributed by atoms with E-state index in [9.17, 15) is 24.3 Å². The number of aromatic nitrogens is 1. The zero-order valence-corrected chi connectivity index (χ0v) is 38.7. The molecule has 0 aliphatic carbocycles. The third-order valence-electron chi connectivity index (χ3n) is 9.50. The molecule has 69 heavy (non-hydrogen) atoms. The van der Waals surface area contributed by atoms with Gasteiger partial charge >= 0.3 is 12.2 Å². The summed E-state index contributed by atoms with van der Waals surface area (Å²) >= 11 is 0. The Bertz CT molecular complexity index is 2480. The molecule has 19 heteroatoms. The molecule has 0 bridgehead atoms. The number of ether oxygens (including phenoxy) is 8. The fraction of sp³-hybridized carbons (Fsp3) is 0.580. The Morgan fingerprint density at radius 1 is 0.609 bits per heavy atom. The highest BCUT2D eigenvalue weighted by molar-refractivity contribution is 5.87. The lowest BCUT2D eigenvalue weighted by molar-refractivity contribution is -0.132. The van der Waals surface area contributed by atoms with Crippen LogP contribution in [0.5, 0.6) is 0 Å². The first-order chi connectivity index (χ1) is 40.5. The number of amides is 4. The van der Waals surface area contributed by atoms with E-state index < -0.39 is 133 Å². The second-order valence-corrected chi connectivity index (χ2v) is 15.1. The molecule has 2 aromatic carbocycles. The van der Waals surface area contributed by atoms with Crippen molar-refractivity contribution in [2.75, 3.05) is 100 Å². The Morgan fingerprint density at radius 3 is 1.59 bits per heavy atom. The molecule has 384 valence electrons. The maximum Gasteiger partial charge on any atom is 0.407 e. The van der Waals surface area contributed by atoms with E-state index in [2.05, 4.69) is 15.7 Å². The molecule has 1 aromatic heterocycles. The number of nitrogens with zero attached hydrogens (tertiary/aromatic N) is 2. The smallest absolute Gasteiger partial charge is 0.407 e. The lowest BCUT2D eigenvalue weighted by Gasteiger charge is -2.36. The van der Waals surface area contributed by atoms with Gasteiger partial charge in [-0.2, -0.15) is 0 Å². The van der Waals surface area contributed by atoms with Gasteiger partial charge in [-0.15, -0.1) is 0 Å². The van der Waals surface area contributed by atoms with E-state index in [1.807, 2.05) is 10.6 Å². The van der Waals surface area contributed by atoms with Crippen molar-refractivity contribution in [3.63, 3.8) is 0 Å². The number of carbonyl (C=O) groups excluding carboxylic acids is 4. The lowest BCUT2D eigenvalue weighted by Crippen LogP contribution is -2.61. The summed E-state index contributed by atoms with van der Waals surface area (Å²) in [5.41, 5.74) is -4.38. The molecule has 3 rings (SSSR count). The minimum Gasteiger partial charge on any atom is -0.447 e. The average Bonchev–Trinajstić information content (AvgIpc) is 0.722. The minimum absolute atomic E-state index is 0.00564. The Morgan fingerprint density at radius 2 is 1.10 bits per heavy atom. The van der Waals surface area contributed by atoms with E-state index in [0.717, 1.165) is 5.01 Å². The molecular weight excluding hydrogens is 893 g/mol. The summed E-state index contributed by atoms with van der Waals surface area (Å²) in [6.07, 6.45) is -4.44. The van der Waals surface area contributed by atoms with Crippen LogP contribution in [0.2, 0.25) is 0 Å². The van der Waals surface area contributed by atoms with E-state index in [0.29, 0.717) is 30.0 Å². The third-order valence-corrected chi connectivity index (χ3v) is 9.50. The van der Waals surface area contributed by atoms with Crippen LogP contribution in [0.4, 0.5) is 9.59 Å². The summed E-state index contributed by atoms with van der Waals surface area (Å²) in [6, 6.07) is 10.9. The lowest BCUT2D eigenvalue weighted by atomic mass is 9.85. The maximum absolute atomic E-state index is 15.0. The molecule has 0 saturated carbocycles. The van der Waals surface area contributed by atoms with Crippen molar-refractivity contribution in [2.45, 2.75) is 78.3 Å². The van der Waals surface area contributed by atoms with Crippen LogP contribution in [0, 0.1) is 10.8 Å². The summed E-state index contributed by atoms with van der Waals surface area (Å²) < 4.78 is 193. The van der Waals surface area contributed by atoms with Crippen LogP contribution in [0.3, 0.4) is 0 Å². The first kappa shape index (κ1) is 35.8. The fourth-order valence-corrected chi connectivity index (χ4v) is 6.05. The third kappa shape index (κ3) is 23.7. The highest BCUT2D eigenvalue weighted by atomic mass is 16.6. The Kier molecular flexibility index (Phi) is 16.5. The molecular formula is C50H76N6O13. The predicted octanol–water partition coefficient (Wildman–Crippen LogP) is 4.31. The monoisotopic (exact) mass is 987 g/mol. The number of carbonyl (C=O) groups is 4. The highest BCUT2D eigenvalue weighted by Gasteiger charge is 2.37. The molecule has 19 nitrogen and oxygen atoms in total. The molecule has 0 aliphatic rings. The summed E-state index contributed by atoms with van der Waals surface area (Å²) in [4.78, 5) is 61.3. The van der Waals surface area contributed by atoms with Gasteiger partial charge in [-0.05, 0) is 40.5 Å². The number of aliphatic hydroxyl groups is 1. The number of hydrogen-bond acceptors (Lipinski definition) is 15. The van der Waals surface area contributed by atoms with Crippen LogP contribution in [0.15, 0.2) is 79.0 Å². The van der Waals surface area contributed by atoms with Crippen molar-refractivity contribution in [1.29, 1.82) is 0 Å². The Hall–Kier alpha value is -5.25. The quantitative estimate of drug-likeness (QED) is 0.0434. The summed E-state index contributed by atoms with van der Waals surface area (Å²) in [5, 5.41) is 19.2. The van der Waals surface area contributed by atoms with Crippen LogP contribution >= 0.6 is 0 Å². The molecule has 0 saturated heterocycles. The van der Waals surface area contributed by atoms with Gasteiger partial charge in [-0.25, -0.2) is 14.6 Å². The van der Waals surface area contributed by atoms with E-state index in [4.69, 9.17) is 62.6 Å². The number of rotatable bonds is 32. The number of nitrogens with one attached hydrogen (secondary N) is 4. The fourth-order valence-electron chi connectivity index (χ4n) is 6.05. The van der Waals surface area contributed by atoms with Crippen molar-refractivity contribution >= 4 is 24.0 Å². The zero-order chi connectivity index (χ0) is 65.5. The predicted molar refractivity (Wildman–Crippen MR) is 259 cm³/mol. The number of hydrazine groups is 1. The molecule has 0 unspecified atom stereocenters. The van der Waals surface area contributed by atoms with Crippen molar-refractivity contribution in [3.8, 4) is 11.3 Å². The van der Waals surface area contributed by atoms with E-state index >= 15 is 0 Å². The van der Waals surface area contributed by atoms with Crippen molar-refractivity contribution < 1.29 is 86.9 Å². The number of benzene rings is 2. The second-order valence-electron chi connectivity index (χ2n) is 15.1. The first-order valence-corrected chi connectivity index (χ1v) is 21.7. The SMILES string of the molecule is [2H]C([2H])([2H])C([C@H](NC(=O)OCCOCCOCCOC)C(=O)N[C@@H](Cc1ccccc1)[C@@H](O)CN(Cc1ccc(-c2ccccn2)cc1)NC(=O)[C@@H](NC(=O)OCCOCCOCCOC)C(C([2H])([2H])[2H])(C([2H])([2H])[2H])C([2H])([2H])[2H])(C([2H])([2H])[2H])C([2H])([2H])[2H]. The number of hydrogen-bond donors (Lipinski definition) is 5. The van der Waals surface area contributed by atoms with Crippen LogP contribution < -0.4 is 21.4 Å². The summed E-state index contributed by atoms with van der Waals surface area (Å²) in [7, 11) is 2.93. The zero-order valence-electron chi connectivity index (χ0n) is 56.7. The molecule has 1 heterocycles. The van der Waals surface area contributed by atoms with Crippen LogP contribution in [-0.2, 0) is 60.4 Å². The molecule has 3 aromatic rings. The first-order valence-electron chi connectivity index (χ1n) is 30.7. The molecule has 0 radical (unpaired) electrons. The Labute approximate surface area is 432 Å². The molecule has 4 atom stereocenters. The molecule has 5 N–H and O–H groups in total. The van der Waals surface area contributed by atoms with Gasteiger partial charge in [0.15, 0.2) is 0 Å². The van der Waals surface area contributed by atoms with Crippen LogP contribution in [-0.4, -0.2) is 163 Å². The number of methoxy groups -OCH3 is 2. The van der Waals surface area contributed by atoms with Crippen LogP contribution in [0.25, 0.3) is 11.3 Å². The van der Waals surface area contributed by atoms with Gasteiger partial charge in [0.25, 0.3) is 5.91 Å².